The Kier molecular flexibility index (Phi) is 8.04. The molecule has 0 spiro atoms. The first kappa shape index (κ1) is 14.6. The minimum Gasteiger partial charge on any atom is -1.00 e. The zero-order valence-electron chi connectivity index (χ0n) is 8.19. The Bertz CT molecular complexity index is 126. The van der Waals surface area contributed by atoms with E-state index in [1.54, 1.807) is 14.2 Å². The van der Waals surface area contributed by atoms with Crippen LogP contribution in [0.15, 0.2) is 12.7 Å². The van der Waals surface area contributed by atoms with E-state index in [1.165, 1.54) is 0 Å². The smallest absolute Gasteiger partial charge is 0.313 e. The van der Waals surface area contributed by atoms with Gasteiger partial charge in [-0.25, -0.2) is 0 Å². The number of halogens is 1. The Morgan fingerprint density at radius 2 is 1.83 bits per heavy atom. The molecule has 0 aromatic heterocycles. The zero-order valence-corrected chi connectivity index (χ0v) is 9.77. The number of likely N-dealkylation sites (N-methyl/N-ethyl adjacent to an activating group) is 1. The van der Waals surface area contributed by atoms with E-state index in [0.29, 0.717) is 0 Å². The van der Waals surface area contributed by atoms with E-state index in [4.69, 9.17) is 9.47 Å². The highest BCUT2D eigenvalue weighted by atomic mass is 79.9. The Hall–Kier alpha value is 0.100. The van der Waals surface area contributed by atoms with Gasteiger partial charge in [-0.1, -0.05) is 6.58 Å². The molecule has 0 heterocycles. The van der Waals surface area contributed by atoms with E-state index >= 15 is 0 Å². The molecule has 0 aliphatic heterocycles. The summed E-state index contributed by atoms with van der Waals surface area (Å²) in [7, 11) is 5.26. The second kappa shape index (κ2) is 6.60. The van der Waals surface area contributed by atoms with E-state index < -0.39 is 5.91 Å². The first-order chi connectivity index (χ1) is 5.10. The molecule has 0 bridgehead atoms. The topological polar surface area (TPSA) is 22.9 Å². The molecule has 1 atom stereocenters. The van der Waals surface area contributed by atoms with Crippen molar-refractivity contribution >= 4 is 0 Å². The molecule has 0 amide bonds. The van der Waals surface area contributed by atoms with Gasteiger partial charge in [0.15, 0.2) is 0 Å². The third kappa shape index (κ3) is 3.67. The Morgan fingerprint density at radius 1 is 1.42 bits per heavy atom. The van der Waals surface area contributed by atoms with E-state index in [1.807, 2.05) is 20.0 Å². The third-order valence-corrected chi connectivity index (χ3v) is 2.00. The van der Waals surface area contributed by atoms with Crippen molar-refractivity contribution in [3.63, 3.8) is 0 Å². The van der Waals surface area contributed by atoms with Crippen LogP contribution >= 0.6 is 0 Å². The third-order valence-electron chi connectivity index (χ3n) is 2.00. The molecule has 0 saturated carbocycles. The van der Waals surface area contributed by atoms with E-state index in [9.17, 15) is 0 Å². The molecule has 0 rings (SSSR count). The van der Waals surface area contributed by atoms with Crippen LogP contribution < -0.4 is 21.9 Å². The van der Waals surface area contributed by atoms with Gasteiger partial charge >= 0.3 is 5.91 Å². The molecule has 1 unspecified atom stereocenters. The molecule has 0 aliphatic carbocycles. The van der Waals surface area contributed by atoms with Crippen LogP contribution in [0.25, 0.3) is 0 Å². The molecule has 0 aromatic carbocycles. The predicted molar refractivity (Wildman–Crippen MR) is 44.4 cm³/mol. The molecule has 0 fully saturated rings. The average molecular weight is 240 g/mol. The maximum absolute atomic E-state index is 5.19. The highest BCUT2D eigenvalue weighted by molar-refractivity contribution is 4.63. The second-order valence-corrected chi connectivity index (χ2v) is 2.63. The van der Waals surface area contributed by atoms with Crippen molar-refractivity contribution in [1.29, 1.82) is 0 Å². The molecular weight excluding hydrogens is 222 g/mol. The molecule has 0 radical (unpaired) electrons. The number of methoxy groups -OCH3 is 2. The SMILES string of the molecule is C=CC[NH+](C)C(C)(OC)OC.[Br-]. The summed E-state index contributed by atoms with van der Waals surface area (Å²) in [4.78, 5) is 1.12. The number of ether oxygens (including phenoxy) is 2. The minimum atomic E-state index is -0.561. The maximum Gasteiger partial charge on any atom is 0.313 e. The summed E-state index contributed by atoms with van der Waals surface area (Å²) < 4.78 is 10.4. The van der Waals surface area contributed by atoms with Gasteiger partial charge in [-0.3, -0.25) is 4.90 Å². The van der Waals surface area contributed by atoms with Gasteiger partial charge in [0.2, 0.25) is 0 Å². The fourth-order valence-corrected chi connectivity index (χ4v) is 0.834. The number of rotatable bonds is 5. The molecular formula is C8H18BrNO2. The van der Waals surface area contributed by atoms with Gasteiger partial charge in [0.05, 0.1) is 13.6 Å². The monoisotopic (exact) mass is 239 g/mol. The molecule has 4 heteroatoms. The highest BCUT2D eigenvalue weighted by Crippen LogP contribution is 1.97. The fraction of sp³-hybridized carbons (Fsp3) is 0.750. The van der Waals surface area contributed by atoms with Crippen molar-refractivity contribution < 1.29 is 31.4 Å². The normalized spacial score (nSPS) is 13.3. The minimum absolute atomic E-state index is 0. The standard InChI is InChI=1S/C8H17NO2.BrH/c1-6-7-9(3)8(2,10-4)11-5;/h6H,1,7H2,2-5H3;1H. The Morgan fingerprint density at radius 3 is 2.08 bits per heavy atom. The lowest BCUT2D eigenvalue weighted by molar-refractivity contribution is -0.983. The predicted octanol–water partition coefficient (Wildman–Crippen LogP) is -3.34. The largest absolute Gasteiger partial charge is 1.00 e. The first-order valence-corrected chi connectivity index (χ1v) is 3.64. The van der Waals surface area contributed by atoms with Gasteiger partial charge in [-0.05, 0) is 6.08 Å². The van der Waals surface area contributed by atoms with Crippen LogP contribution in [0.3, 0.4) is 0 Å². The van der Waals surface area contributed by atoms with Gasteiger partial charge in [0.1, 0.15) is 0 Å². The van der Waals surface area contributed by atoms with Crippen molar-refractivity contribution in [3.8, 4) is 0 Å². The lowest BCUT2D eigenvalue weighted by Crippen LogP contribution is -3.18. The average Bonchev–Trinajstić information content (AvgIpc) is 2.03. The van der Waals surface area contributed by atoms with E-state index in [0.717, 1.165) is 11.4 Å². The Labute approximate surface area is 85.1 Å². The number of hydrogen-bond acceptors (Lipinski definition) is 2. The summed E-state index contributed by atoms with van der Waals surface area (Å²) in [5.41, 5.74) is 0. The Balaban J connectivity index is 0. The van der Waals surface area contributed by atoms with Crippen LogP contribution in [0.1, 0.15) is 6.92 Å². The van der Waals surface area contributed by atoms with Crippen molar-refractivity contribution in [2.75, 3.05) is 27.8 Å². The van der Waals surface area contributed by atoms with Crippen LogP contribution in [0.4, 0.5) is 0 Å². The molecule has 74 valence electrons. The molecule has 3 nitrogen and oxygen atoms in total. The van der Waals surface area contributed by atoms with Crippen molar-refractivity contribution in [3.05, 3.63) is 12.7 Å². The second-order valence-electron chi connectivity index (χ2n) is 2.63. The quantitative estimate of drug-likeness (QED) is 0.401. The van der Waals surface area contributed by atoms with Crippen LogP contribution in [0.5, 0.6) is 0 Å². The van der Waals surface area contributed by atoms with Crippen LogP contribution in [0.2, 0.25) is 0 Å². The number of quaternary nitrogens is 1. The van der Waals surface area contributed by atoms with Gasteiger partial charge in [-0.15, -0.1) is 0 Å². The van der Waals surface area contributed by atoms with Gasteiger partial charge in [-0.2, -0.15) is 0 Å². The molecule has 0 aromatic rings. The fourth-order valence-electron chi connectivity index (χ4n) is 0.834. The number of hydrogen-bond donors (Lipinski definition) is 1. The van der Waals surface area contributed by atoms with Crippen LogP contribution in [-0.4, -0.2) is 33.7 Å². The van der Waals surface area contributed by atoms with E-state index in [-0.39, 0.29) is 17.0 Å². The van der Waals surface area contributed by atoms with Gasteiger partial charge in [0.25, 0.3) is 0 Å². The lowest BCUT2D eigenvalue weighted by Gasteiger charge is -2.30. The zero-order chi connectivity index (χ0) is 8.91. The molecule has 0 aliphatic rings. The lowest BCUT2D eigenvalue weighted by atomic mass is 10.4. The van der Waals surface area contributed by atoms with Crippen LogP contribution in [0, 0.1) is 0 Å². The summed E-state index contributed by atoms with van der Waals surface area (Å²) >= 11 is 0. The molecule has 1 N–H and O–H groups in total. The van der Waals surface area contributed by atoms with Crippen molar-refractivity contribution in [2.24, 2.45) is 0 Å². The molecule has 12 heavy (non-hydrogen) atoms. The summed E-state index contributed by atoms with van der Waals surface area (Å²) in [5, 5.41) is 0. The summed E-state index contributed by atoms with van der Waals surface area (Å²) in [6.45, 7) is 6.36. The van der Waals surface area contributed by atoms with E-state index in [2.05, 4.69) is 6.58 Å². The highest BCUT2D eigenvalue weighted by Gasteiger charge is 2.31. The number of nitrogens with one attached hydrogen (secondary N) is 1. The maximum atomic E-state index is 5.19. The molecule has 0 saturated heterocycles. The van der Waals surface area contributed by atoms with Gasteiger partial charge < -0.3 is 26.5 Å². The first-order valence-electron chi connectivity index (χ1n) is 3.64. The van der Waals surface area contributed by atoms with Gasteiger partial charge in [0, 0.05) is 21.1 Å². The van der Waals surface area contributed by atoms with Crippen molar-refractivity contribution in [2.45, 2.75) is 12.8 Å². The summed E-state index contributed by atoms with van der Waals surface area (Å²) in [5.74, 6) is -0.561. The summed E-state index contributed by atoms with van der Waals surface area (Å²) in [6.07, 6.45) is 1.84. The van der Waals surface area contributed by atoms with Crippen molar-refractivity contribution in [1.82, 2.24) is 0 Å². The van der Waals surface area contributed by atoms with Crippen LogP contribution in [-0.2, 0) is 9.47 Å². The summed E-state index contributed by atoms with van der Waals surface area (Å²) in [6, 6.07) is 0.